The minimum atomic E-state index is -4.82. The predicted molar refractivity (Wildman–Crippen MR) is 105 cm³/mol. The number of para-hydroxylation sites is 2. The molecule has 0 bridgehead atoms. The van der Waals surface area contributed by atoms with Crippen LogP contribution in [-0.4, -0.2) is 50.9 Å². The van der Waals surface area contributed by atoms with Crippen molar-refractivity contribution in [3.63, 3.8) is 0 Å². The Labute approximate surface area is 167 Å². The van der Waals surface area contributed by atoms with Crippen LogP contribution in [0.15, 0.2) is 29.3 Å². The van der Waals surface area contributed by atoms with Crippen molar-refractivity contribution < 1.29 is 26.3 Å². The summed E-state index contributed by atoms with van der Waals surface area (Å²) >= 11 is 0. The molecule has 0 heterocycles. The van der Waals surface area contributed by atoms with Crippen LogP contribution in [0.2, 0.25) is 0 Å². The number of aliphatic imine (C=N–C) groups is 1. The molecule has 7 nitrogen and oxygen atoms in total. The third kappa shape index (κ3) is 8.89. The van der Waals surface area contributed by atoms with E-state index < -0.39 is 22.1 Å². The van der Waals surface area contributed by atoms with Gasteiger partial charge in [0.05, 0.1) is 11.4 Å². The Morgan fingerprint density at radius 3 is 2.54 bits per heavy atom. The lowest BCUT2D eigenvalue weighted by Gasteiger charge is -2.15. The first kappa shape index (κ1) is 24.7. The first-order chi connectivity index (χ1) is 11.5. The molecule has 0 aromatic heterocycles. The second-order valence-electron chi connectivity index (χ2n) is 5.01. The molecule has 0 saturated carbocycles. The second kappa shape index (κ2) is 10.8. The minimum absolute atomic E-state index is 0. The van der Waals surface area contributed by atoms with Crippen LogP contribution in [-0.2, 0) is 10.0 Å². The highest BCUT2D eigenvalue weighted by Crippen LogP contribution is 2.29. The number of nitrogens with two attached hydrogens (primary N) is 1. The fourth-order valence-electron chi connectivity index (χ4n) is 1.81. The summed E-state index contributed by atoms with van der Waals surface area (Å²) in [5, 5.41) is 2.53. The number of benzene rings is 1. The van der Waals surface area contributed by atoms with E-state index in [1.807, 2.05) is 0 Å². The normalized spacial score (nSPS) is 12.6. The van der Waals surface area contributed by atoms with E-state index in [-0.39, 0.29) is 54.5 Å². The molecular formula is C14H22F3IN4O3S. The topological polar surface area (TPSA) is 97.0 Å². The van der Waals surface area contributed by atoms with Crippen molar-refractivity contribution in [2.24, 2.45) is 10.7 Å². The van der Waals surface area contributed by atoms with Crippen LogP contribution in [0.5, 0.6) is 5.75 Å². The lowest BCUT2D eigenvalue weighted by molar-refractivity contribution is -0.274. The molecule has 0 aliphatic carbocycles. The molecule has 12 heteroatoms. The number of sulfonamides is 1. The monoisotopic (exact) mass is 510 g/mol. The van der Waals surface area contributed by atoms with Gasteiger partial charge in [0.25, 0.3) is 0 Å². The number of alkyl halides is 3. The molecule has 0 aliphatic rings. The van der Waals surface area contributed by atoms with E-state index in [1.165, 1.54) is 29.6 Å². The van der Waals surface area contributed by atoms with E-state index >= 15 is 0 Å². The summed E-state index contributed by atoms with van der Waals surface area (Å²) in [4.78, 5) is 3.96. The SMILES string of the molecule is CCS(=O)(=O)N(C)CCCN=C(N)Nc1ccccc1OC(F)(F)F.I. The van der Waals surface area contributed by atoms with Gasteiger partial charge in [-0.2, -0.15) is 0 Å². The molecule has 26 heavy (non-hydrogen) atoms. The first-order valence-electron chi connectivity index (χ1n) is 7.41. The van der Waals surface area contributed by atoms with Gasteiger partial charge in [0, 0.05) is 20.1 Å². The van der Waals surface area contributed by atoms with Crippen LogP contribution in [0, 0.1) is 0 Å². The van der Waals surface area contributed by atoms with Crippen LogP contribution in [0.25, 0.3) is 0 Å². The average Bonchev–Trinajstić information content (AvgIpc) is 2.51. The Bertz CT molecular complexity index is 699. The van der Waals surface area contributed by atoms with E-state index in [9.17, 15) is 21.6 Å². The van der Waals surface area contributed by atoms with E-state index in [2.05, 4.69) is 15.0 Å². The molecule has 1 aromatic carbocycles. The molecule has 0 amide bonds. The third-order valence-corrected chi connectivity index (χ3v) is 4.99. The smallest absolute Gasteiger partial charge is 0.404 e. The van der Waals surface area contributed by atoms with Gasteiger partial charge in [-0.3, -0.25) is 4.99 Å². The Hall–Kier alpha value is -1.28. The van der Waals surface area contributed by atoms with Crippen molar-refractivity contribution in [3.05, 3.63) is 24.3 Å². The van der Waals surface area contributed by atoms with Gasteiger partial charge in [0.1, 0.15) is 0 Å². The molecule has 150 valence electrons. The molecule has 0 saturated heterocycles. The largest absolute Gasteiger partial charge is 0.573 e. The summed E-state index contributed by atoms with van der Waals surface area (Å²) in [6.07, 6.45) is -4.40. The van der Waals surface area contributed by atoms with Crippen LogP contribution in [0.3, 0.4) is 0 Å². The zero-order valence-corrected chi connectivity index (χ0v) is 17.4. The first-order valence-corrected chi connectivity index (χ1v) is 9.02. The van der Waals surface area contributed by atoms with Gasteiger partial charge >= 0.3 is 6.36 Å². The highest BCUT2D eigenvalue weighted by molar-refractivity contribution is 14.0. The minimum Gasteiger partial charge on any atom is -0.404 e. The van der Waals surface area contributed by atoms with E-state index in [0.717, 1.165) is 6.07 Å². The molecule has 1 rings (SSSR count). The number of hydrogen-bond acceptors (Lipinski definition) is 4. The highest BCUT2D eigenvalue weighted by Gasteiger charge is 2.32. The molecule has 0 atom stereocenters. The number of nitrogens with one attached hydrogen (secondary N) is 1. The molecule has 0 radical (unpaired) electrons. The van der Waals surface area contributed by atoms with Gasteiger partial charge in [-0.05, 0) is 25.5 Å². The Kier molecular flexibility index (Phi) is 10.2. The van der Waals surface area contributed by atoms with Crippen LogP contribution in [0.4, 0.5) is 18.9 Å². The second-order valence-corrected chi connectivity index (χ2v) is 7.38. The van der Waals surface area contributed by atoms with Crippen molar-refractivity contribution >= 4 is 45.6 Å². The number of hydrogen-bond donors (Lipinski definition) is 2. The summed E-state index contributed by atoms with van der Waals surface area (Å²) in [6, 6.07) is 5.42. The number of ether oxygens (including phenoxy) is 1. The summed E-state index contributed by atoms with van der Waals surface area (Å²) in [6.45, 7) is 2.03. The van der Waals surface area contributed by atoms with Crippen molar-refractivity contribution in [1.82, 2.24) is 4.31 Å². The fourth-order valence-corrected chi connectivity index (χ4v) is 2.66. The molecule has 0 unspecified atom stereocenters. The zero-order valence-electron chi connectivity index (χ0n) is 14.3. The van der Waals surface area contributed by atoms with Gasteiger partial charge < -0.3 is 15.8 Å². The zero-order chi connectivity index (χ0) is 19.1. The van der Waals surface area contributed by atoms with Crippen molar-refractivity contribution in [2.75, 3.05) is 31.2 Å². The van der Waals surface area contributed by atoms with Crippen LogP contribution < -0.4 is 15.8 Å². The number of nitrogens with zero attached hydrogens (tertiary/aromatic N) is 2. The lowest BCUT2D eigenvalue weighted by Crippen LogP contribution is -2.30. The molecule has 0 fully saturated rings. The lowest BCUT2D eigenvalue weighted by atomic mass is 10.3. The molecule has 0 aliphatic heterocycles. The van der Waals surface area contributed by atoms with Gasteiger partial charge in [-0.15, -0.1) is 37.1 Å². The Morgan fingerprint density at radius 2 is 1.96 bits per heavy atom. The van der Waals surface area contributed by atoms with E-state index in [1.54, 1.807) is 6.92 Å². The van der Waals surface area contributed by atoms with Crippen molar-refractivity contribution in [1.29, 1.82) is 0 Å². The molecule has 1 aromatic rings. The fraction of sp³-hybridized carbons (Fsp3) is 0.500. The Balaban J connectivity index is 0.00000625. The quantitative estimate of drug-likeness (QED) is 0.243. The summed E-state index contributed by atoms with van der Waals surface area (Å²) in [7, 11) is -1.79. The molecule has 0 spiro atoms. The summed E-state index contributed by atoms with van der Waals surface area (Å²) in [5.41, 5.74) is 5.66. The summed E-state index contributed by atoms with van der Waals surface area (Å²) < 4.78 is 65.3. The number of halogens is 4. The maximum absolute atomic E-state index is 12.3. The highest BCUT2D eigenvalue weighted by atomic mass is 127. The third-order valence-electron chi connectivity index (χ3n) is 3.13. The molecule has 3 N–H and O–H groups in total. The standard InChI is InChI=1S/C14H21F3N4O3S.HI/c1-3-25(22,23)21(2)10-6-9-19-13(18)20-11-7-4-5-8-12(11)24-14(15,16)17;/h4-5,7-8H,3,6,9-10H2,1-2H3,(H3,18,19,20);1H. The van der Waals surface area contributed by atoms with Crippen LogP contribution in [0.1, 0.15) is 13.3 Å². The maximum atomic E-state index is 12.3. The van der Waals surface area contributed by atoms with Crippen LogP contribution >= 0.6 is 24.0 Å². The number of rotatable bonds is 8. The van der Waals surface area contributed by atoms with E-state index in [0.29, 0.717) is 6.42 Å². The maximum Gasteiger partial charge on any atom is 0.573 e. The molecular weight excluding hydrogens is 488 g/mol. The van der Waals surface area contributed by atoms with Crippen molar-refractivity contribution in [3.8, 4) is 5.75 Å². The van der Waals surface area contributed by atoms with Gasteiger partial charge in [-0.1, -0.05) is 12.1 Å². The van der Waals surface area contributed by atoms with Crippen molar-refractivity contribution in [2.45, 2.75) is 19.7 Å². The Morgan fingerprint density at radius 1 is 1.35 bits per heavy atom. The van der Waals surface area contributed by atoms with Gasteiger partial charge in [0.2, 0.25) is 10.0 Å². The average molecular weight is 510 g/mol. The van der Waals surface area contributed by atoms with E-state index in [4.69, 9.17) is 5.73 Å². The predicted octanol–water partition coefficient (Wildman–Crippen LogP) is 2.60. The van der Waals surface area contributed by atoms with Gasteiger partial charge in [-0.25, -0.2) is 12.7 Å². The van der Waals surface area contributed by atoms with Gasteiger partial charge in [0.15, 0.2) is 11.7 Å². The number of anilines is 1. The summed E-state index contributed by atoms with van der Waals surface area (Å²) in [5.74, 6) is -0.520. The number of guanidine groups is 1.